The molecule has 1 unspecified atom stereocenters. The highest BCUT2D eigenvalue weighted by molar-refractivity contribution is 5.87. The molecule has 2 aliphatic heterocycles. The van der Waals surface area contributed by atoms with Gasteiger partial charge in [0.15, 0.2) is 11.6 Å². The topological polar surface area (TPSA) is 111 Å². The number of fused-ring (bicyclic) bond motifs is 1. The number of halogens is 1. The summed E-state index contributed by atoms with van der Waals surface area (Å²) >= 11 is 0. The molecule has 1 aromatic carbocycles. The van der Waals surface area contributed by atoms with E-state index < -0.39 is 11.9 Å². The van der Waals surface area contributed by atoms with Crippen molar-refractivity contribution in [3.63, 3.8) is 0 Å². The quantitative estimate of drug-likeness (QED) is 0.594. The maximum absolute atomic E-state index is 14.4. The van der Waals surface area contributed by atoms with Crippen molar-refractivity contribution in [2.75, 3.05) is 30.3 Å². The van der Waals surface area contributed by atoms with Crippen molar-refractivity contribution in [1.82, 2.24) is 19.8 Å². The van der Waals surface area contributed by atoms with Crippen LogP contribution in [0.2, 0.25) is 0 Å². The molecule has 0 spiro atoms. The Morgan fingerprint density at radius 3 is 2.82 bits per heavy atom. The fourth-order valence-corrected chi connectivity index (χ4v) is 4.28. The molecule has 33 heavy (non-hydrogen) atoms. The molecule has 4 rings (SSSR count). The van der Waals surface area contributed by atoms with E-state index in [0.717, 1.165) is 43.0 Å². The molecule has 1 saturated heterocycles. The van der Waals surface area contributed by atoms with Crippen LogP contribution in [0, 0.1) is 5.82 Å². The number of carboxylic acid groups (broad SMARTS) is 1. The van der Waals surface area contributed by atoms with Crippen LogP contribution in [-0.2, 0) is 17.8 Å². The predicted molar refractivity (Wildman–Crippen MR) is 122 cm³/mol. The molecule has 3 N–H and O–H groups in total. The van der Waals surface area contributed by atoms with Crippen molar-refractivity contribution < 1.29 is 19.1 Å². The van der Waals surface area contributed by atoms with Crippen molar-refractivity contribution in [3.05, 3.63) is 54.0 Å². The van der Waals surface area contributed by atoms with Crippen LogP contribution in [0.5, 0.6) is 0 Å². The van der Waals surface area contributed by atoms with Gasteiger partial charge in [0, 0.05) is 37.9 Å². The van der Waals surface area contributed by atoms with Gasteiger partial charge in [0.2, 0.25) is 11.9 Å². The number of aromatic nitrogens is 2. The molecule has 174 valence electrons. The largest absolute Gasteiger partial charge is 0.465 e. The maximum Gasteiger partial charge on any atom is 0.407 e. The minimum absolute atomic E-state index is 0.0669. The van der Waals surface area contributed by atoms with E-state index in [-0.39, 0.29) is 23.7 Å². The summed E-state index contributed by atoms with van der Waals surface area (Å²) in [5.41, 5.74) is 2.73. The van der Waals surface area contributed by atoms with Gasteiger partial charge < -0.3 is 25.5 Å². The molecular weight excluding hydrogens is 427 g/mol. The van der Waals surface area contributed by atoms with Gasteiger partial charge in [-0.2, -0.15) is 4.98 Å². The minimum atomic E-state index is -0.935. The van der Waals surface area contributed by atoms with E-state index in [1.807, 2.05) is 18.2 Å². The third-order valence-corrected chi connectivity index (χ3v) is 5.96. The zero-order valence-electron chi connectivity index (χ0n) is 18.3. The number of piperidine rings is 1. The summed E-state index contributed by atoms with van der Waals surface area (Å²) in [6.45, 7) is 5.44. The number of benzene rings is 1. The third kappa shape index (κ3) is 5.39. The van der Waals surface area contributed by atoms with Gasteiger partial charge in [-0.15, -0.1) is 0 Å². The van der Waals surface area contributed by atoms with E-state index >= 15 is 0 Å². The van der Waals surface area contributed by atoms with Crippen LogP contribution in [-0.4, -0.2) is 62.6 Å². The van der Waals surface area contributed by atoms with Gasteiger partial charge in [-0.05, 0) is 55.0 Å². The number of hydrogen-bond acceptors (Lipinski definition) is 6. The number of carbonyl (C=O) groups excluding carboxylic acids is 1. The van der Waals surface area contributed by atoms with Crippen molar-refractivity contribution in [2.45, 2.75) is 38.3 Å². The van der Waals surface area contributed by atoms with E-state index in [1.54, 1.807) is 4.90 Å². The van der Waals surface area contributed by atoms with Crippen LogP contribution >= 0.6 is 0 Å². The molecular formula is C23H27FN6O3. The molecule has 0 radical (unpaired) electrons. The summed E-state index contributed by atoms with van der Waals surface area (Å²) in [6, 6.07) is 5.61. The van der Waals surface area contributed by atoms with E-state index in [2.05, 4.69) is 27.2 Å². The molecule has 3 heterocycles. The summed E-state index contributed by atoms with van der Waals surface area (Å²) in [7, 11) is 0. The lowest BCUT2D eigenvalue weighted by Crippen LogP contribution is -2.44. The molecule has 0 aliphatic carbocycles. The predicted octanol–water partition coefficient (Wildman–Crippen LogP) is 3.37. The Kier molecular flexibility index (Phi) is 6.71. The standard InChI is InChI=1S/C23H27FN6O3/c1-2-20(31)29-9-4-6-18(14-29)26-21-19(24)12-25-22(28-21)27-17-8-7-15-5-3-10-30(23(32)33)13-16(15)11-17/h2,7-8,11-12,18H,1,3-6,9-10,13-14H2,(H,32,33)(H2,25,26,27,28). The first-order valence-corrected chi connectivity index (χ1v) is 11.0. The molecule has 2 amide bonds. The number of aryl methyl sites for hydroxylation is 1. The lowest BCUT2D eigenvalue weighted by atomic mass is 10.0. The van der Waals surface area contributed by atoms with E-state index in [9.17, 15) is 19.1 Å². The normalized spacial score (nSPS) is 18.2. The lowest BCUT2D eigenvalue weighted by Gasteiger charge is -2.32. The molecule has 1 aromatic heterocycles. The van der Waals surface area contributed by atoms with Gasteiger partial charge in [-0.25, -0.2) is 14.2 Å². The smallest absolute Gasteiger partial charge is 0.407 e. The van der Waals surface area contributed by atoms with Gasteiger partial charge in [0.05, 0.1) is 6.20 Å². The molecule has 9 nitrogen and oxygen atoms in total. The summed E-state index contributed by atoms with van der Waals surface area (Å²) in [5, 5.41) is 15.5. The number of nitrogens with one attached hydrogen (secondary N) is 2. The van der Waals surface area contributed by atoms with Crippen LogP contribution in [0.4, 0.5) is 26.6 Å². The summed E-state index contributed by atoms with van der Waals surface area (Å²) in [4.78, 5) is 34.7. The van der Waals surface area contributed by atoms with Crippen molar-refractivity contribution >= 4 is 29.5 Å². The third-order valence-electron chi connectivity index (χ3n) is 5.96. The SMILES string of the molecule is C=CC(=O)N1CCCC(Nc2nc(Nc3ccc4c(c3)CN(C(=O)O)CCC4)ncc2F)C1. The number of hydrogen-bond donors (Lipinski definition) is 3. The van der Waals surface area contributed by atoms with Crippen LogP contribution in [0.1, 0.15) is 30.4 Å². The fourth-order valence-electron chi connectivity index (χ4n) is 4.28. The van der Waals surface area contributed by atoms with E-state index in [1.165, 1.54) is 11.0 Å². The first-order valence-electron chi connectivity index (χ1n) is 11.0. The van der Waals surface area contributed by atoms with Gasteiger partial charge in [-0.1, -0.05) is 12.6 Å². The average molecular weight is 455 g/mol. The molecule has 0 bridgehead atoms. The van der Waals surface area contributed by atoms with Gasteiger partial charge >= 0.3 is 6.09 Å². The van der Waals surface area contributed by atoms with E-state index in [0.29, 0.717) is 31.9 Å². The molecule has 2 aliphatic rings. The highest BCUT2D eigenvalue weighted by Crippen LogP contribution is 2.25. The lowest BCUT2D eigenvalue weighted by molar-refractivity contribution is -0.127. The van der Waals surface area contributed by atoms with Crippen LogP contribution in [0.3, 0.4) is 0 Å². The molecule has 10 heteroatoms. The van der Waals surface area contributed by atoms with Crippen LogP contribution < -0.4 is 10.6 Å². The highest BCUT2D eigenvalue weighted by Gasteiger charge is 2.24. The Morgan fingerprint density at radius 1 is 1.21 bits per heavy atom. The zero-order chi connectivity index (χ0) is 23.4. The second-order valence-corrected chi connectivity index (χ2v) is 8.28. The van der Waals surface area contributed by atoms with Gasteiger partial charge in [0.1, 0.15) is 0 Å². The Balaban J connectivity index is 1.48. The van der Waals surface area contributed by atoms with Crippen molar-refractivity contribution in [1.29, 1.82) is 0 Å². The minimum Gasteiger partial charge on any atom is -0.465 e. The van der Waals surface area contributed by atoms with Crippen LogP contribution in [0.25, 0.3) is 0 Å². The van der Waals surface area contributed by atoms with Crippen LogP contribution in [0.15, 0.2) is 37.1 Å². The number of nitrogens with zero attached hydrogens (tertiary/aromatic N) is 4. The number of likely N-dealkylation sites (tertiary alicyclic amines) is 1. The van der Waals surface area contributed by atoms with E-state index in [4.69, 9.17) is 0 Å². The monoisotopic (exact) mass is 454 g/mol. The van der Waals surface area contributed by atoms with Crippen molar-refractivity contribution in [2.24, 2.45) is 0 Å². The second kappa shape index (κ2) is 9.85. The average Bonchev–Trinajstić information content (AvgIpc) is 3.03. The first kappa shape index (κ1) is 22.5. The molecule has 1 fully saturated rings. The van der Waals surface area contributed by atoms with Gasteiger partial charge in [0.25, 0.3) is 0 Å². The number of amides is 2. The summed E-state index contributed by atoms with van der Waals surface area (Å²) in [6.07, 6.45) is 4.63. The molecule has 1 atom stereocenters. The second-order valence-electron chi connectivity index (χ2n) is 8.28. The zero-order valence-corrected chi connectivity index (χ0v) is 18.3. The van der Waals surface area contributed by atoms with Crippen molar-refractivity contribution in [3.8, 4) is 0 Å². The fraction of sp³-hybridized carbons (Fsp3) is 0.391. The Labute approximate surface area is 191 Å². The summed E-state index contributed by atoms with van der Waals surface area (Å²) in [5.74, 6) is -0.432. The Hall–Kier alpha value is -3.69. The molecule has 2 aromatic rings. The maximum atomic E-state index is 14.4. The Bertz CT molecular complexity index is 1060. The molecule has 0 saturated carbocycles. The Morgan fingerprint density at radius 2 is 2.03 bits per heavy atom. The number of anilines is 3. The number of carbonyl (C=O) groups is 2. The highest BCUT2D eigenvalue weighted by atomic mass is 19.1. The first-order chi connectivity index (χ1) is 15.9. The summed E-state index contributed by atoms with van der Waals surface area (Å²) < 4.78 is 14.4. The number of rotatable bonds is 5. The van der Waals surface area contributed by atoms with Gasteiger partial charge in [-0.3, -0.25) is 4.79 Å².